The van der Waals surface area contributed by atoms with Crippen LogP contribution in [0, 0.1) is 83.1 Å². The van der Waals surface area contributed by atoms with E-state index in [4.69, 9.17) is 0 Å². The van der Waals surface area contributed by atoms with Crippen LogP contribution in [-0.4, -0.2) is 58.6 Å². The topological polar surface area (TPSA) is 121 Å². The summed E-state index contributed by atoms with van der Waals surface area (Å²) in [7, 11) is 0. The number of rotatable bonds is 35. The van der Waals surface area contributed by atoms with Crippen LogP contribution in [0.5, 0.6) is 0 Å². The minimum atomic E-state index is -0.978. The standard InChI is InChI=1S/C47H50N2O2.C45H46N2O.C43H42N2O2/c1-35-7-19-41(20-8-35)48(42-21-9-36(2)10-22-42)45-27-15-39(16-28-45)47(31-5-33-50,32-6-34-51)40-17-29-46(30-18-40)49(43-23-11-37(3)12-24-43)44-25-13-38(4)14-26-44;1-33-7-19-39(20-8-33)46(40-21-9-34(2)10-22-40)43-27-15-37(16-28-43)45(5,31-6-32-48)38-17-29-44(30-18-38)47(41-23-11-35(3)12-24-41)42-25-13-36(4)14-26-42;1-31-5-17-37(18-6-31)44(38-19-7-32(2)8-20-38)41-25-13-35(14-26-41)43(29-46,30-47)36-15-27-42(28-16-36)45(39-21-9-33(3)10-22-39)40-23-11-34(4)12-24-40/h7-30,50-51H,5-6,31-34H2,1-4H3;7-30,48H,6,31-32H2,1-5H3;5-28,46-47H,29-30H2,1-4H3. The molecule has 0 heterocycles. The molecule has 11 nitrogen and oxygen atoms in total. The van der Waals surface area contributed by atoms with Crippen molar-refractivity contribution in [1.29, 1.82) is 0 Å². The first-order valence-corrected chi connectivity index (χ1v) is 51.2. The van der Waals surface area contributed by atoms with Crippen LogP contribution in [0.2, 0.25) is 0 Å². The highest BCUT2D eigenvalue weighted by molar-refractivity contribution is 5.84. The molecule has 18 aromatic carbocycles. The molecule has 0 atom stereocenters. The maximum absolute atomic E-state index is 10.9. The van der Waals surface area contributed by atoms with E-state index in [2.05, 4.69) is 532 Å². The lowest BCUT2D eigenvalue weighted by Crippen LogP contribution is -2.36. The quantitative estimate of drug-likeness (QED) is 0.0261. The highest BCUT2D eigenvalue weighted by atomic mass is 16.3. The summed E-state index contributed by atoms with van der Waals surface area (Å²) in [6.45, 7) is 27.5. The molecule has 0 aliphatic rings. The number of hydrogen-bond donors (Lipinski definition) is 5. The van der Waals surface area contributed by atoms with Crippen LogP contribution in [0.3, 0.4) is 0 Å². The average molecular weight is 1920 g/mol. The summed E-state index contributed by atoms with van der Waals surface area (Å²) in [5, 5.41) is 51.9. The van der Waals surface area contributed by atoms with E-state index < -0.39 is 5.41 Å². The van der Waals surface area contributed by atoms with Crippen molar-refractivity contribution in [3.63, 3.8) is 0 Å². The van der Waals surface area contributed by atoms with Gasteiger partial charge >= 0.3 is 0 Å². The fraction of sp³-hybridized carbons (Fsp3) is 0.200. The Bertz CT molecular complexity index is 6450. The third-order valence-corrected chi connectivity index (χ3v) is 28.6. The number of nitrogens with zero attached hydrogens (tertiary/aromatic N) is 6. The molecule has 18 rings (SSSR count). The minimum Gasteiger partial charge on any atom is -0.396 e. The predicted octanol–water partition coefficient (Wildman–Crippen LogP) is 33.8. The zero-order chi connectivity index (χ0) is 102. The number of hydrogen-bond acceptors (Lipinski definition) is 11. The van der Waals surface area contributed by atoms with E-state index in [9.17, 15) is 25.5 Å². The summed E-state index contributed by atoms with van der Waals surface area (Å²) in [5.74, 6) is 0. The Morgan fingerprint density at radius 2 is 0.253 bits per heavy atom. The van der Waals surface area contributed by atoms with Crippen LogP contribution >= 0.6 is 0 Å². The fourth-order valence-corrected chi connectivity index (χ4v) is 19.8. The van der Waals surface area contributed by atoms with Gasteiger partial charge < -0.3 is 54.9 Å². The summed E-state index contributed by atoms with van der Waals surface area (Å²) >= 11 is 0. The Morgan fingerprint density at radius 3 is 0.377 bits per heavy atom. The normalized spacial score (nSPS) is 11.4. The van der Waals surface area contributed by atoms with Gasteiger partial charge in [0.1, 0.15) is 0 Å². The highest BCUT2D eigenvalue weighted by Crippen LogP contribution is 2.49. The zero-order valence-electron chi connectivity index (χ0n) is 86.8. The second-order valence-corrected chi connectivity index (χ2v) is 39.6. The van der Waals surface area contributed by atoms with E-state index in [0.29, 0.717) is 12.8 Å². The van der Waals surface area contributed by atoms with Gasteiger partial charge in [0.05, 0.1) is 18.6 Å². The smallest absolute Gasteiger partial charge is 0.0664 e. The van der Waals surface area contributed by atoms with Crippen molar-refractivity contribution >= 4 is 102 Å². The third kappa shape index (κ3) is 24.3. The molecule has 0 aliphatic carbocycles. The largest absolute Gasteiger partial charge is 0.396 e. The molecular weight excluding hydrogens is 1790 g/mol. The molecule has 0 spiro atoms. The molecule has 0 saturated heterocycles. The molecule has 0 aliphatic heterocycles. The van der Waals surface area contributed by atoms with Crippen LogP contribution in [0.4, 0.5) is 102 Å². The maximum Gasteiger partial charge on any atom is 0.0664 e. The summed E-state index contributed by atoms with van der Waals surface area (Å²) in [4.78, 5) is 13.7. The van der Waals surface area contributed by atoms with E-state index in [0.717, 1.165) is 139 Å². The lowest BCUT2D eigenvalue weighted by Gasteiger charge is -2.36. The summed E-state index contributed by atoms with van der Waals surface area (Å²) < 4.78 is 0. The summed E-state index contributed by atoms with van der Waals surface area (Å²) in [6.07, 6.45) is 4.40. The summed E-state index contributed by atoms with van der Waals surface area (Å²) in [5.41, 5.74) is 39.1. The van der Waals surface area contributed by atoms with Crippen molar-refractivity contribution in [1.82, 2.24) is 0 Å². The number of aryl methyl sites for hydroxylation is 12. The van der Waals surface area contributed by atoms with Gasteiger partial charge in [-0.1, -0.05) is 292 Å². The van der Waals surface area contributed by atoms with Crippen molar-refractivity contribution in [3.05, 3.63) is 537 Å². The number of benzene rings is 18. The second-order valence-electron chi connectivity index (χ2n) is 39.6. The van der Waals surface area contributed by atoms with Crippen molar-refractivity contribution < 1.29 is 25.5 Å². The van der Waals surface area contributed by atoms with Gasteiger partial charge in [0, 0.05) is 133 Å². The van der Waals surface area contributed by atoms with Gasteiger partial charge in [-0.25, -0.2) is 0 Å². The number of aliphatic hydroxyl groups excluding tert-OH is 5. The van der Waals surface area contributed by atoms with Crippen LogP contribution in [-0.2, 0) is 16.2 Å². The molecule has 0 amide bonds. The first-order valence-electron chi connectivity index (χ1n) is 51.2. The van der Waals surface area contributed by atoms with Crippen LogP contribution in [0.25, 0.3) is 0 Å². The minimum absolute atomic E-state index is 0.111. The van der Waals surface area contributed by atoms with Gasteiger partial charge in [-0.2, -0.15) is 0 Å². The molecule has 18 aromatic rings. The predicted molar refractivity (Wildman–Crippen MR) is 615 cm³/mol. The lowest BCUT2D eigenvalue weighted by molar-refractivity contribution is 0.143. The second kappa shape index (κ2) is 47.8. The monoisotopic (exact) mass is 1920 g/mol. The Morgan fingerprint density at radius 1 is 0.144 bits per heavy atom. The van der Waals surface area contributed by atoms with Crippen molar-refractivity contribution in [2.45, 2.75) is 145 Å². The van der Waals surface area contributed by atoms with E-state index >= 15 is 0 Å². The maximum atomic E-state index is 10.9. The first kappa shape index (κ1) is 103. The number of anilines is 18. The van der Waals surface area contributed by atoms with E-state index in [1.54, 1.807) is 0 Å². The lowest BCUT2D eigenvalue weighted by atomic mass is 9.68. The SMILES string of the molecule is Cc1ccc(N(c2ccc(C)cc2)c2ccc(C(C)(CCCO)c3ccc(N(c4ccc(C)cc4)c4ccc(C)cc4)cc3)cc2)cc1.Cc1ccc(N(c2ccc(C)cc2)c2ccc(C(CCCO)(CCCO)c3ccc(N(c4ccc(C)cc4)c4ccc(C)cc4)cc3)cc2)cc1.Cc1ccc(N(c2ccc(C)cc2)c2ccc(C(CO)(CO)c3ccc(N(c4ccc(C)cc4)c4ccc(C)cc4)cc3)cc2)cc1. The van der Waals surface area contributed by atoms with Crippen LogP contribution < -0.4 is 29.4 Å². The van der Waals surface area contributed by atoms with Gasteiger partial charge in [0.25, 0.3) is 0 Å². The summed E-state index contributed by atoms with van der Waals surface area (Å²) in [6, 6.07) is 156. The molecule has 11 heteroatoms. The Labute approximate surface area is 866 Å². The molecular formula is C135H138N6O5. The molecule has 0 radical (unpaired) electrons. The zero-order valence-corrected chi connectivity index (χ0v) is 86.8. The molecule has 5 N–H and O–H groups in total. The van der Waals surface area contributed by atoms with Gasteiger partial charge in [-0.15, -0.1) is 0 Å². The molecule has 0 saturated carbocycles. The molecule has 0 unspecified atom stereocenters. The average Bonchev–Trinajstić information content (AvgIpc) is 0.765. The molecule has 0 fully saturated rings. The molecule has 0 bridgehead atoms. The third-order valence-electron chi connectivity index (χ3n) is 28.6. The highest BCUT2D eigenvalue weighted by Gasteiger charge is 2.37. The van der Waals surface area contributed by atoms with Crippen molar-refractivity contribution in [2.24, 2.45) is 0 Å². The van der Waals surface area contributed by atoms with Gasteiger partial charge in [-0.05, 0) is 373 Å². The Balaban J connectivity index is 0.000000157. The van der Waals surface area contributed by atoms with Crippen molar-refractivity contribution in [2.75, 3.05) is 62.4 Å². The molecule has 146 heavy (non-hydrogen) atoms. The van der Waals surface area contributed by atoms with Crippen LogP contribution in [0.1, 0.15) is 146 Å². The molecule has 738 valence electrons. The van der Waals surface area contributed by atoms with Gasteiger partial charge in [0.2, 0.25) is 0 Å². The van der Waals surface area contributed by atoms with E-state index in [1.165, 1.54) is 89.0 Å². The molecule has 0 aromatic heterocycles. The fourth-order valence-electron chi connectivity index (χ4n) is 19.8. The Kier molecular flexibility index (Phi) is 33.9. The number of aliphatic hydroxyl groups is 5. The van der Waals surface area contributed by atoms with Crippen molar-refractivity contribution in [3.8, 4) is 0 Å². The van der Waals surface area contributed by atoms with E-state index in [1.807, 2.05) is 24.3 Å². The van der Waals surface area contributed by atoms with E-state index in [-0.39, 0.29) is 43.9 Å². The van der Waals surface area contributed by atoms with Crippen LogP contribution in [0.15, 0.2) is 437 Å². The van der Waals surface area contributed by atoms with Gasteiger partial charge in [0.15, 0.2) is 0 Å². The first-order chi connectivity index (χ1) is 70.9. The Hall–Kier alpha value is -15.4. The van der Waals surface area contributed by atoms with Gasteiger partial charge in [-0.3, -0.25) is 0 Å².